The average molecular weight is 99.1 g/mol. The van der Waals surface area contributed by atoms with Crippen LogP contribution in [0.15, 0.2) is 0 Å². The molecule has 0 aliphatic heterocycles. The second-order valence-corrected chi connectivity index (χ2v) is 0.555. The zero-order valence-corrected chi connectivity index (χ0v) is 5.86. The number of carbonyl (C=O) groups is 1. The molecule has 0 atom stereocenters. The van der Waals surface area contributed by atoms with E-state index in [4.69, 9.17) is 5.11 Å². The third-order valence-electron chi connectivity index (χ3n) is 0.214. The Bertz CT molecular complexity index is 51.0. The average Bonchev–Trinajstić information content (AvgIpc) is 1.38. The van der Waals surface area contributed by atoms with Crippen molar-refractivity contribution in [2.75, 3.05) is 7.05 Å². The summed E-state index contributed by atoms with van der Waals surface area (Å²) in [5.74, 6) is 0. The van der Waals surface area contributed by atoms with E-state index in [-0.39, 0.29) is 31.0 Å². The van der Waals surface area contributed by atoms with Gasteiger partial charge < -0.3 is 11.8 Å². The van der Waals surface area contributed by atoms with Gasteiger partial charge in [-0.15, -0.1) is 0 Å². The van der Waals surface area contributed by atoms with Crippen molar-refractivity contribution in [1.29, 1.82) is 0 Å². The van der Waals surface area contributed by atoms with E-state index in [1.54, 1.807) is 0 Å². The van der Waals surface area contributed by atoms with Gasteiger partial charge in [-0.1, -0.05) is 0 Å². The first-order valence-electron chi connectivity index (χ1n) is 1.18. The number of carboxylic acid groups (broad SMARTS) is 1. The van der Waals surface area contributed by atoms with Crippen LogP contribution in [-0.2, 0) is 0 Å². The Morgan fingerprint density at radius 3 is 2.17 bits per heavy atom. The summed E-state index contributed by atoms with van der Waals surface area (Å²) in [6, 6.07) is 0. The van der Waals surface area contributed by atoms with Gasteiger partial charge in [-0.2, -0.15) is 0 Å². The second-order valence-electron chi connectivity index (χ2n) is 0.555. The fourth-order valence-electron chi connectivity index (χ4n) is 0. The number of nitrogens with one attached hydrogen (secondary N) is 1. The van der Waals surface area contributed by atoms with Gasteiger partial charge in [0.1, 0.15) is 0 Å². The van der Waals surface area contributed by atoms with Gasteiger partial charge in [0.15, 0.2) is 0 Å². The molecule has 0 aliphatic rings. The van der Waals surface area contributed by atoms with Crippen molar-refractivity contribution >= 4 is 6.09 Å². The van der Waals surface area contributed by atoms with Crippen molar-refractivity contribution in [3.05, 3.63) is 0 Å². The number of hydrogen-bond donors (Lipinski definition) is 2. The number of hydrogen-bond acceptors (Lipinski definition) is 1. The summed E-state index contributed by atoms with van der Waals surface area (Å²) < 4.78 is 0. The monoisotopic (exact) mass is 99.0 g/mol. The van der Waals surface area contributed by atoms with Crippen LogP contribution in [0, 0.1) is 0 Å². The fourth-order valence-corrected chi connectivity index (χ4v) is 0. The predicted molar refractivity (Wildman–Crippen MR) is 18.2 cm³/mol. The van der Waals surface area contributed by atoms with Gasteiger partial charge in [0.25, 0.3) is 0 Å². The topological polar surface area (TPSA) is 49.3 Å². The molecule has 1 amide bonds. The van der Waals surface area contributed by atoms with Crippen LogP contribution in [0.1, 0.15) is 1.43 Å². The first-order valence-corrected chi connectivity index (χ1v) is 1.18. The van der Waals surface area contributed by atoms with Crippen LogP contribution < -0.4 is 34.9 Å². The van der Waals surface area contributed by atoms with E-state index in [2.05, 4.69) is 0 Å². The molecule has 0 unspecified atom stereocenters. The molecule has 0 aromatic rings. The Balaban J connectivity index is -0.0000000800. The van der Waals surface area contributed by atoms with E-state index in [1.165, 1.54) is 7.05 Å². The molecule has 0 aromatic heterocycles. The molecule has 0 fully saturated rings. The largest absolute Gasteiger partial charge is 1.00 e. The summed E-state index contributed by atoms with van der Waals surface area (Å²) in [5, 5.41) is 9.56. The molecule has 4 heteroatoms. The zero-order chi connectivity index (χ0) is 4.28. The molecule has 0 radical (unpaired) electrons. The van der Waals surface area contributed by atoms with Crippen LogP contribution in [0.5, 0.6) is 0 Å². The SMILES string of the molecule is CNC(=O)O.[H-].[Na+]. The van der Waals surface area contributed by atoms with E-state index in [9.17, 15) is 4.79 Å². The maximum absolute atomic E-state index is 9.26. The summed E-state index contributed by atoms with van der Waals surface area (Å²) in [6.07, 6.45) is -0.995. The maximum atomic E-state index is 9.26. The molecule has 0 spiro atoms. The van der Waals surface area contributed by atoms with Crippen molar-refractivity contribution in [3.63, 3.8) is 0 Å². The quantitative estimate of drug-likeness (QED) is 0.318. The Kier molecular flexibility index (Phi) is 8.39. The van der Waals surface area contributed by atoms with Gasteiger partial charge >= 0.3 is 35.7 Å². The normalized spacial score (nSPS) is 5.50. The molecule has 2 N–H and O–H groups in total. The molecule has 0 aliphatic carbocycles. The van der Waals surface area contributed by atoms with Crippen LogP contribution in [0.3, 0.4) is 0 Å². The smallest absolute Gasteiger partial charge is 1.00 e. The van der Waals surface area contributed by atoms with Crippen LogP contribution in [-0.4, -0.2) is 18.2 Å². The third kappa shape index (κ3) is 8.86. The summed E-state index contributed by atoms with van der Waals surface area (Å²) in [7, 11) is 1.35. The molecule has 0 bridgehead atoms. The molecule has 0 heterocycles. The molecule has 32 valence electrons. The van der Waals surface area contributed by atoms with E-state index < -0.39 is 6.09 Å². The van der Waals surface area contributed by atoms with Crippen molar-refractivity contribution < 1.29 is 40.9 Å². The van der Waals surface area contributed by atoms with E-state index >= 15 is 0 Å². The molecule has 0 rings (SSSR count). The van der Waals surface area contributed by atoms with Gasteiger partial charge in [0.05, 0.1) is 0 Å². The summed E-state index contributed by atoms with van der Waals surface area (Å²) in [5.41, 5.74) is 0. The minimum atomic E-state index is -0.995. The minimum Gasteiger partial charge on any atom is -1.00 e. The molecule has 0 aromatic carbocycles. The van der Waals surface area contributed by atoms with Gasteiger partial charge in [0, 0.05) is 7.05 Å². The maximum Gasteiger partial charge on any atom is 1.00 e. The Labute approximate surface area is 59.5 Å². The van der Waals surface area contributed by atoms with Crippen LogP contribution in [0.4, 0.5) is 4.79 Å². The second kappa shape index (κ2) is 5.27. The van der Waals surface area contributed by atoms with Crippen molar-refractivity contribution in [1.82, 2.24) is 5.32 Å². The third-order valence-corrected chi connectivity index (χ3v) is 0.214. The molecule has 6 heavy (non-hydrogen) atoms. The van der Waals surface area contributed by atoms with Crippen LogP contribution >= 0.6 is 0 Å². The first kappa shape index (κ1) is 9.55. The zero-order valence-electron chi connectivity index (χ0n) is 4.86. The van der Waals surface area contributed by atoms with Crippen molar-refractivity contribution in [2.45, 2.75) is 0 Å². The standard InChI is InChI=1S/C2H5NO2.Na.H/c1-3-2(4)5;;/h3H,1H3,(H,4,5);;/q;+1;-1. The summed E-state index contributed by atoms with van der Waals surface area (Å²) in [6.45, 7) is 0. The molecule has 3 nitrogen and oxygen atoms in total. The van der Waals surface area contributed by atoms with Gasteiger partial charge in [-0.05, 0) is 0 Å². The van der Waals surface area contributed by atoms with Gasteiger partial charge in [-0.25, -0.2) is 4.79 Å². The van der Waals surface area contributed by atoms with Crippen LogP contribution in [0.25, 0.3) is 0 Å². The van der Waals surface area contributed by atoms with Crippen molar-refractivity contribution in [3.8, 4) is 0 Å². The predicted octanol–water partition coefficient (Wildman–Crippen LogP) is -3.00. The number of amides is 1. The Hall–Kier alpha value is 0.270. The van der Waals surface area contributed by atoms with Gasteiger partial charge in [-0.3, -0.25) is 0 Å². The fraction of sp³-hybridized carbons (Fsp3) is 0.500. The van der Waals surface area contributed by atoms with Crippen molar-refractivity contribution in [2.24, 2.45) is 0 Å². The number of rotatable bonds is 0. The Morgan fingerprint density at radius 1 is 2.00 bits per heavy atom. The first-order chi connectivity index (χ1) is 2.27. The van der Waals surface area contributed by atoms with E-state index in [0.29, 0.717) is 0 Å². The summed E-state index contributed by atoms with van der Waals surface area (Å²) in [4.78, 5) is 9.26. The molecule has 0 saturated heterocycles. The van der Waals surface area contributed by atoms with Gasteiger partial charge in [0.2, 0.25) is 0 Å². The van der Waals surface area contributed by atoms with E-state index in [1.807, 2.05) is 5.32 Å². The molecule has 0 saturated carbocycles. The molecular weight excluding hydrogens is 93.0 g/mol. The summed E-state index contributed by atoms with van der Waals surface area (Å²) >= 11 is 0. The molecular formula is C2H6NNaO2. The Morgan fingerprint density at radius 2 is 2.17 bits per heavy atom. The van der Waals surface area contributed by atoms with Crippen LogP contribution in [0.2, 0.25) is 0 Å². The van der Waals surface area contributed by atoms with E-state index in [0.717, 1.165) is 0 Å². The minimum absolute atomic E-state index is 0.